The largest absolute Gasteiger partial charge is 0.506 e. The summed E-state index contributed by atoms with van der Waals surface area (Å²) < 4.78 is 0. The van der Waals surface area contributed by atoms with Gasteiger partial charge in [-0.2, -0.15) is 0 Å². The van der Waals surface area contributed by atoms with Crippen molar-refractivity contribution in [2.75, 3.05) is 5.32 Å². The molecule has 2 aromatic rings. The average Bonchev–Trinajstić information content (AvgIpc) is 2.40. The van der Waals surface area contributed by atoms with Gasteiger partial charge in [-0.25, -0.2) is 0 Å². The van der Waals surface area contributed by atoms with Crippen LogP contribution in [0.1, 0.15) is 52.7 Å². The molecule has 0 saturated heterocycles. The molecule has 0 saturated carbocycles. The summed E-state index contributed by atoms with van der Waals surface area (Å²) in [5.41, 5.74) is 3.00. The molecule has 124 valence electrons. The maximum atomic E-state index is 10.7. The van der Waals surface area contributed by atoms with E-state index in [2.05, 4.69) is 52.9 Å². The predicted octanol–water partition coefficient (Wildman–Crippen LogP) is 5.44. The Bertz CT molecular complexity index is 707. The summed E-state index contributed by atoms with van der Waals surface area (Å²) in [6.07, 6.45) is 0. The van der Waals surface area contributed by atoms with Gasteiger partial charge in [-0.15, -0.1) is 0 Å². The highest BCUT2D eigenvalue weighted by molar-refractivity contribution is 5.73. The predicted molar refractivity (Wildman–Crippen MR) is 96.9 cm³/mol. The molecule has 0 heterocycles. The molecule has 0 spiro atoms. The van der Waals surface area contributed by atoms with E-state index in [0.29, 0.717) is 11.4 Å². The SMILES string of the molecule is CC(C)(C)c1cc(Nc2ccccc2O)c(O)c(C(C)(C)C)c1. The summed E-state index contributed by atoms with van der Waals surface area (Å²) in [6, 6.07) is 11.1. The number of phenolic OH excluding ortho intramolecular Hbond substituents is 2. The maximum absolute atomic E-state index is 10.7. The minimum atomic E-state index is -0.180. The lowest BCUT2D eigenvalue weighted by Crippen LogP contribution is -2.17. The van der Waals surface area contributed by atoms with E-state index < -0.39 is 0 Å². The van der Waals surface area contributed by atoms with Crippen molar-refractivity contribution in [3.63, 3.8) is 0 Å². The molecular weight excluding hydrogens is 286 g/mol. The number of phenols is 2. The van der Waals surface area contributed by atoms with Gasteiger partial charge in [0.2, 0.25) is 0 Å². The number of hydrogen-bond acceptors (Lipinski definition) is 3. The van der Waals surface area contributed by atoms with E-state index in [1.165, 1.54) is 0 Å². The fourth-order valence-corrected chi connectivity index (χ4v) is 2.46. The summed E-state index contributed by atoms with van der Waals surface area (Å²) in [5.74, 6) is 0.388. The summed E-state index contributed by atoms with van der Waals surface area (Å²) in [4.78, 5) is 0. The van der Waals surface area contributed by atoms with Crippen LogP contribution in [-0.2, 0) is 10.8 Å². The number of nitrogens with one attached hydrogen (secondary N) is 1. The van der Waals surface area contributed by atoms with E-state index in [0.717, 1.165) is 11.1 Å². The van der Waals surface area contributed by atoms with Crippen LogP contribution in [0.25, 0.3) is 0 Å². The molecule has 3 heteroatoms. The molecule has 0 atom stereocenters. The van der Waals surface area contributed by atoms with Crippen molar-refractivity contribution in [3.8, 4) is 11.5 Å². The van der Waals surface area contributed by atoms with Gasteiger partial charge in [-0.1, -0.05) is 59.7 Å². The van der Waals surface area contributed by atoms with Gasteiger partial charge in [-0.05, 0) is 34.6 Å². The van der Waals surface area contributed by atoms with E-state index in [1.807, 2.05) is 12.1 Å². The molecule has 0 bridgehead atoms. The van der Waals surface area contributed by atoms with Crippen LogP contribution in [0.2, 0.25) is 0 Å². The van der Waals surface area contributed by atoms with Crippen molar-refractivity contribution in [3.05, 3.63) is 47.5 Å². The number of aromatic hydroxyl groups is 2. The van der Waals surface area contributed by atoms with Crippen LogP contribution in [0.3, 0.4) is 0 Å². The van der Waals surface area contributed by atoms with E-state index in [4.69, 9.17) is 0 Å². The first-order chi connectivity index (χ1) is 10.5. The fraction of sp³-hybridized carbons (Fsp3) is 0.400. The molecule has 0 aromatic heterocycles. The summed E-state index contributed by atoms with van der Waals surface area (Å²) in [6.45, 7) is 12.7. The quantitative estimate of drug-likeness (QED) is 0.647. The Hall–Kier alpha value is -2.16. The molecule has 2 rings (SSSR count). The highest BCUT2D eigenvalue weighted by Gasteiger charge is 2.25. The van der Waals surface area contributed by atoms with Gasteiger partial charge >= 0.3 is 0 Å². The van der Waals surface area contributed by atoms with Crippen molar-refractivity contribution in [2.24, 2.45) is 0 Å². The normalized spacial score (nSPS) is 12.3. The van der Waals surface area contributed by atoms with Crippen LogP contribution in [0.5, 0.6) is 11.5 Å². The Morgan fingerprint density at radius 3 is 1.91 bits per heavy atom. The zero-order valence-electron chi connectivity index (χ0n) is 14.9. The molecule has 0 aliphatic heterocycles. The molecule has 0 radical (unpaired) electrons. The van der Waals surface area contributed by atoms with E-state index in [9.17, 15) is 10.2 Å². The smallest absolute Gasteiger partial charge is 0.142 e. The number of rotatable bonds is 2. The first kappa shape index (κ1) is 17.2. The van der Waals surface area contributed by atoms with E-state index in [1.54, 1.807) is 18.2 Å². The van der Waals surface area contributed by atoms with Crippen LogP contribution < -0.4 is 5.32 Å². The third-order valence-corrected chi connectivity index (χ3v) is 3.96. The van der Waals surface area contributed by atoms with Crippen molar-refractivity contribution >= 4 is 11.4 Å². The number of para-hydroxylation sites is 2. The van der Waals surface area contributed by atoms with Gasteiger partial charge < -0.3 is 15.5 Å². The topological polar surface area (TPSA) is 52.5 Å². The van der Waals surface area contributed by atoms with Crippen molar-refractivity contribution in [1.82, 2.24) is 0 Å². The Labute approximate surface area is 139 Å². The number of benzene rings is 2. The van der Waals surface area contributed by atoms with Crippen LogP contribution in [0.4, 0.5) is 11.4 Å². The van der Waals surface area contributed by atoms with Gasteiger partial charge in [0.25, 0.3) is 0 Å². The van der Waals surface area contributed by atoms with Gasteiger partial charge in [0.1, 0.15) is 11.5 Å². The Morgan fingerprint density at radius 2 is 1.39 bits per heavy atom. The third kappa shape index (κ3) is 3.79. The van der Waals surface area contributed by atoms with Crippen LogP contribution in [0.15, 0.2) is 36.4 Å². The molecule has 2 aromatic carbocycles. The number of anilines is 2. The summed E-state index contributed by atoms with van der Waals surface area (Å²) >= 11 is 0. The highest BCUT2D eigenvalue weighted by atomic mass is 16.3. The van der Waals surface area contributed by atoms with Gasteiger partial charge in [0.05, 0.1) is 11.4 Å². The minimum absolute atomic E-state index is 0.0388. The molecular formula is C20H27NO2. The monoisotopic (exact) mass is 313 g/mol. The third-order valence-electron chi connectivity index (χ3n) is 3.96. The fourth-order valence-electron chi connectivity index (χ4n) is 2.46. The van der Waals surface area contributed by atoms with E-state index >= 15 is 0 Å². The Morgan fingerprint density at radius 1 is 0.783 bits per heavy atom. The Kier molecular flexibility index (Phi) is 4.34. The standard InChI is InChI=1S/C20H27NO2/c1-19(2,3)13-11-14(20(4,5)6)18(23)16(12-13)21-15-9-7-8-10-17(15)22/h7-12,21-23H,1-6H3. The molecule has 3 nitrogen and oxygen atoms in total. The molecule has 0 fully saturated rings. The minimum Gasteiger partial charge on any atom is -0.506 e. The number of hydrogen-bond donors (Lipinski definition) is 3. The zero-order chi connectivity index (χ0) is 17.4. The lowest BCUT2D eigenvalue weighted by Gasteiger charge is -2.27. The first-order valence-corrected chi connectivity index (χ1v) is 7.93. The van der Waals surface area contributed by atoms with Crippen LogP contribution in [-0.4, -0.2) is 10.2 Å². The molecule has 0 aliphatic carbocycles. The van der Waals surface area contributed by atoms with Crippen molar-refractivity contribution in [1.29, 1.82) is 0 Å². The molecule has 0 unspecified atom stereocenters. The Balaban J connectivity index is 2.60. The molecule has 0 amide bonds. The second kappa shape index (κ2) is 5.80. The van der Waals surface area contributed by atoms with Gasteiger partial charge in [-0.3, -0.25) is 0 Å². The summed E-state index contributed by atoms with van der Waals surface area (Å²) in [7, 11) is 0. The molecule has 23 heavy (non-hydrogen) atoms. The lowest BCUT2D eigenvalue weighted by atomic mass is 9.79. The second-order valence-corrected chi connectivity index (χ2v) is 8.06. The highest BCUT2D eigenvalue weighted by Crippen LogP contribution is 2.42. The second-order valence-electron chi connectivity index (χ2n) is 8.06. The average molecular weight is 313 g/mol. The van der Waals surface area contributed by atoms with Gasteiger partial charge in [0, 0.05) is 5.56 Å². The molecule has 0 aliphatic rings. The van der Waals surface area contributed by atoms with Crippen LogP contribution >= 0.6 is 0 Å². The first-order valence-electron chi connectivity index (χ1n) is 7.93. The van der Waals surface area contributed by atoms with Crippen LogP contribution in [0, 0.1) is 0 Å². The van der Waals surface area contributed by atoms with Gasteiger partial charge in [0.15, 0.2) is 0 Å². The van der Waals surface area contributed by atoms with E-state index in [-0.39, 0.29) is 22.3 Å². The van der Waals surface area contributed by atoms with Crippen molar-refractivity contribution < 1.29 is 10.2 Å². The summed E-state index contributed by atoms with van der Waals surface area (Å²) in [5, 5.41) is 23.9. The van der Waals surface area contributed by atoms with Crippen molar-refractivity contribution in [2.45, 2.75) is 52.4 Å². The lowest BCUT2D eigenvalue weighted by molar-refractivity contribution is 0.447. The zero-order valence-corrected chi connectivity index (χ0v) is 14.9. The maximum Gasteiger partial charge on any atom is 0.142 e. The molecule has 3 N–H and O–H groups in total.